The van der Waals surface area contributed by atoms with E-state index >= 15 is 0 Å². The number of nitrogens with zero attached hydrogens (tertiary/aromatic N) is 1. The number of benzene rings is 1. The van der Waals surface area contributed by atoms with Crippen LogP contribution in [-0.4, -0.2) is 37.3 Å². The second-order valence-electron chi connectivity index (χ2n) is 5.85. The molecule has 1 atom stereocenters. The number of carboxylic acid groups (broad SMARTS) is 1. The van der Waals surface area contributed by atoms with Crippen molar-refractivity contribution in [1.82, 2.24) is 5.32 Å². The molecular weight excluding hydrogens is 272 g/mol. The molecule has 2 N–H and O–H groups in total. The van der Waals surface area contributed by atoms with Gasteiger partial charge in [-0.1, -0.05) is 26.8 Å². The molecule has 1 aromatic carbocycles. The van der Waals surface area contributed by atoms with E-state index in [9.17, 15) is 14.7 Å². The van der Waals surface area contributed by atoms with Crippen molar-refractivity contribution >= 4 is 17.7 Å². The van der Waals surface area contributed by atoms with Gasteiger partial charge in [0.1, 0.15) is 11.8 Å². The van der Waals surface area contributed by atoms with E-state index in [1.807, 2.05) is 0 Å². The van der Waals surface area contributed by atoms with Gasteiger partial charge in [-0.05, 0) is 17.5 Å². The van der Waals surface area contributed by atoms with Crippen molar-refractivity contribution in [3.05, 3.63) is 24.3 Å². The summed E-state index contributed by atoms with van der Waals surface area (Å²) in [6, 6.07) is 5.52. The molecule has 0 aliphatic rings. The first-order valence-electron chi connectivity index (χ1n) is 6.58. The Labute approximate surface area is 124 Å². The van der Waals surface area contributed by atoms with Crippen molar-refractivity contribution in [2.75, 3.05) is 19.1 Å². The average Bonchev–Trinajstić information content (AvgIpc) is 2.42. The Balaban J connectivity index is 2.89. The lowest BCUT2D eigenvalue weighted by molar-refractivity contribution is -0.141. The maximum absolute atomic E-state index is 12.2. The van der Waals surface area contributed by atoms with E-state index < -0.39 is 23.5 Å². The number of aliphatic carboxylic acids is 1. The molecule has 6 nitrogen and oxygen atoms in total. The van der Waals surface area contributed by atoms with Gasteiger partial charge < -0.3 is 15.2 Å². The lowest BCUT2D eigenvalue weighted by Crippen LogP contribution is -2.52. The highest BCUT2D eigenvalue weighted by atomic mass is 16.5. The van der Waals surface area contributed by atoms with Crippen molar-refractivity contribution in [3.63, 3.8) is 0 Å². The number of carbonyl (C=O) groups is 2. The molecule has 0 saturated heterocycles. The Kier molecular flexibility index (Phi) is 5.18. The van der Waals surface area contributed by atoms with Crippen molar-refractivity contribution < 1.29 is 19.4 Å². The van der Waals surface area contributed by atoms with Crippen LogP contribution in [0.2, 0.25) is 0 Å². The molecule has 0 aliphatic carbocycles. The normalized spacial score (nSPS) is 12.4. The molecule has 116 valence electrons. The van der Waals surface area contributed by atoms with Crippen LogP contribution in [0.15, 0.2) is 24.3 Å². The van der Waals surface area contributed by atoms with Gasteiger partial charge in [-0.15, -0.1) is 0 Å². The first-order valence-corrected chi connectivity index (χ1v) is 6.58. The zero-order valence-corrected chi connectivity index (χ0v) is 13.0. The van der Waals surface area contributed by atoms with Gasteiger partial charge in [-0.25, -0.2) is 9.59 Å². The minimum absolute atomic E-state index is 0.481. The van der Waals surface area contributed by atoms with Gasteiger partial charge >= 0.3 is 12.0 Å². The number of amides is 2. The fraction of sp³-hybridized carbons (Fsp3) is 0.467. The largest absolute Gasteiger partial charge is 0.497 e. The van der Waals surface area contributed by atoms with Crippen molar-refractivity contribution in [2.24, 2.45) is 5.41 Å². The van der Waals surface area contributed by atoms with Gasteiger partial charge in [-0.2, -0.15) is 0 Å². The molecule has 2 amide bonds. The fourth-order valence-electron chi connectivity index (χ4n) is 1.81. The molecule has 21 heavy (non-hydrogen) atoms. The monoisotopic (exact) mass is 294 g/mol. The number of ether oxygens (including phenoxy) is 1. The highest BCUT2D eigenvalue weighted by Crippen LogP contribution is 2.22. The second-order valence-corrected chi connectivity index (χ2v) is 5.85. The van der Waals surface area contributed by atoms with Crippen LogP contribution in [0.3, 0.4) is 0 Å². The van der Waals surface area contributed by atoms with Crippen LogP contribution < -0.4 is 15.0 Å². The topological polar surface area (TPSA) is 78.9 Å². The molecule has 6 heteroatoms. The standard InChI is InChI=1S/C15H22N2O4/c1-15(2,3)12(13(18)19)16-14(20)17(4)10-7-6-8-11(9-10)21-5/h6-9,12H,1-5H3,(H,16,20)(H,18,19)/t12-/m0/s1. The van der Waals surface area contributed by atoms with Crippen molar-refractivity contribution in [3.8, 4) is 5.75 Å². The van der Waals surface area contributed by atoms with Crippen LogP contribution in [0.25, 0.3) is 0 Å². The summed E-state index contributed by atoms with van der Waals surface area (Å²) in [5, 5.41) is 11.8. The fourth-order valence-corrected chi connectivity index (χ4v) is 1.81. The Hall–Kier alpha value is -2.24. The lowest BCUT2D eigenvalue weighted by Gasteiger charge is -2.29. The summed E-state index contributed by atoms with van der Waals surface area (Å²) in [6.07, 6.45) is 0. The van der Waals surface area contributed by atoms with Crippen LogP contribution in [0.5, 0.6) is 5.75 Å². The lowest BCUT2D eigenvalue weighted by atomic mass is 9.87. The Morgan fingerprint density at radius 3 is 2.43 bits per heavy atom. The highest BCUT2D eigenvalue weighted by Gasteiger charge is 2.33. The number of methoxy groups -OCH3 is 1. The molecule has 1 aromatic rings. The summed E-state index contributed by atoms with van der Waals surface area (Å²) in [7, 11) is 3.12. The molecule has 0 aliphatic heterocycles. The summed E-state index contributed by atoms with van der Waals surface area (Å²) in [6.45, 7) is 5.28. The van der Waals surface area contributed by atoms with E-state index in [1.165, 1.54) is 4.90 Å². The van der Waals surface area contributed by atoms with Gasteiger partial charge in [0.05, 0.1) is 7.11 Å². The zero-order valence-electron chi connectivity index (χ0n) is 13.0. The van der Waals surface area contributed by atoms with Gasteiger partial charge in [0.2, 0.25) is 0 Å². The molecular formula is C15H22N2O4. The van der Waals surface area contributed by atoms with E-state index in [2.05, 4.69) is 5.32 Å². The number of rotatable bonds is 4. The van der Waals surface area contributed by atoms with Crippen LogP contribution in [0.1, 0.15) is 20.8 Å². The molecule has 0 fully saturated rings. The molecule has 0 saturated carbocycles. The summed E-state index contributed by atoms with van der Waals surface area (Å²) in [5.41, 5.74) is 0.0291. The molecule has 0 heterocycles. The van der Waals surface area contributed by atoms with E-state index in [-0.39, 0.29) is 0 Å². The van der Waals surface area contributed by atoms with E-state index in [0.717, 1.165) is 0 Å². The van der Waals surface area contributed by atoms with Gasteiger partial charge in [-0.3, -0.25) is 4.90 Å². The highest BCUT2D eigenvalue weighted by molar-refractivity contribution is 5.94. The third-order valence-electron chi connectivity index (χ3n) is 3.13. The number of carboxylic acids is 1. The average molecular weight is 294 g/mol. The quantitative estimate of drug-likeness (QED) is 0.893. The van der Waals surface area contributed by atoms with E-state index in [4.69, 9.17) is 4.74 Å². The Morgan fingerprint density at radius 1 is 1.33 bits per heavy atom. The number of carbonyl (C=O) groups excluding carboxylic acids is 1. The van der Waals surface area contributed by atoms with Crippen molar-refractivity contribution in [1.29, 1.82) is 0 Å². The molecule has 1 rings (SSSR count). The maximum atomic E-state index is 12.2. The van der Waals surface area contributed by atoms with Crippen LogP contribution in [0.4, 0.5) is 10.5 Å². The SMILES string of the molecule is COc1cccc(N(C)C(=O)N[C@@H](C(=O)O)C(C)(C)C)c1. The maximum Gasteiger partial charge on any atom is 0.326 e. The summed E-state index contributed by atoms with van der Waals surface area (Å²) in [5.74, 6) is -0.437. The van der Waals surface area contributed by atoms with Crippen LogP contribution in [0, 0.1) is 5.41 Å². The zero-order chi connectivity index (χ0) is 16.2. The van der Waals surface area contributed by atoms with E-state index in [1.54, 1.807) is 59.2 Å². The van der Waals surface area contributed by atoms with Gasteiger partial charge in [0.15, 0.2) is 0 Å². The molecule has 0 bridgehead atoms. The van der Waals surface area contributed by atoms with Crippen LogP contribution in [-0.2, 0) is 4.79 Å². The number of urea groups is 1. The molecule has 0 radical (unpaired) electrons. The van der Waals surface area contributed by atoms with Crippen molar-refractivity contribution in [2.45, 2.75) is 26.8 Å². The number of hydrogen-bond donors (Lipinski definition) is 2. The van der Waals surface area contributed by atoms with E-state index in [0.29, 0.717) is 11.4 Å². The molecule has 0 spiro atoms. The minimum Gasteiger partial charge on any atom is -0.497 e. The first-order chi connectivity index (χ1) is 9.66. The third kappa shape index (κ3) is 4.37. The summed E-state index contributed by atoms with van der Waals surface area (Å²) in [4.78, 5) is 24.9. The number of nitrogens with one attached hydrogen (secondary N) is 1. The first kappa shape index (κ1) is 16.8. The summed E-state index contributed by atoms with van der Waals surface area (Å²) >= 11 is 0. The summed E-state index contributed by atoms with van der Waals surface area (Å²) < 4.78 is 5.11. The number of anilines is 1. The third-order valence-corrected chi connectivity index (χ3v) is 3.13. The van der Waals surface area contributed by atoms with Gasteiger partial charge in [0, 0.05) is 18.8 Å². The van der Waals surface area contributed by atoms with Gasteiger partial charge in [0.25, 0.3) is 0 Å². The smallest absolute Gasteiger partial charge is 0.326 e. The molecule has 0 unspecified atom stereocenters. The predicted octanol–water partition coefficient (Wildman–Crippen LogP) is 2.34. The predicted molar refractivity (Wildman–Crippen MR) is 80.8 cm³/mol. The Bertz CT molecular complexity index is 523. The molecule has 0 aromatic heterocycles. The Morgan fingerprint density at radius 2 is 1.95 bits per heavy atom. The number of hydrogen-bond acceptors (Lipinski definition) is 3. The minimum atomic E-state index is -1.06. The van der Waals surface area contributed by atoms with Crippen LogP contribution >= 0.6 is 0 Å². The second kappa shape index (κ2) is 6.47.